The molecule has 1 aromatic carbocycles. The van der Waals surface area contributed by atoms with Crippen LogP contribution in [0, 0.1) is 11.2 Å². The monoisotopic (exact) mass is 480 g/mol. The zero-order valence-corrected chi connectivity index (χ0v) is 20.5. The molecule has 1 N–H and O–H groups in total. The fourth-order valence-electron chi connectivity index (χ4n) is 3.94. The molecule has 0 aliphatic carbocycles. The molecule has 2 aliphatic heterocycles. The summed E-state index contributed by atoms with van der Waals surface area (Å²) < 4.78 is 25.3. The van der Waals surface area contributed by atoms with Gasteiger partial charge < -0.3 is 24.6 Å². The Balaban J connectivity index is 1.56. The maximum Gasteiger partial charge on any atom is 0.414 e. The molecule has 1 aromatic rings. The van der Waals surface area contributed by atoms with E-state index in [-0.39, 0.29) is 24.0 Å². The molecule has 0 aromatic heterocycles. The Kier molecular flexibility index (Phi) is 8.12. The molecule has 2 fully saturated rings. The molecule has 2 saturated heterocycles. The number of thiocarbonyl (C=S) groups is 1. The number of anilines is 2. The molecular weight excluding hydrogens is 447 g/mol. The van der Waals surface area contributed by atoms with Gasteiger partial charge in [-0.15, -0.1) is 0 Å². The van der Waals surface area contributed by atoms with E-state index in [9.17, 15) is 14.0 Å². The predicted octanol–water partition coefficient (Wildman–Crippen LogP) is 2.80. The highest BCUT2D eigenvalue weighted by Gasteiger charge is 2.33. The number of rotatable bonds is 7. The second-order valence-electron chi connectivity index (χ2n) is 9.59. The molecule has 10 heteroatoms. The number of nitrogens with one attached hydrogen (secondary N) is 1. The Labute approximate surface area is 200 Å². The number of methoxy groups -OCH3 is 1. The van der Waals surface area contributed by atoms with Gasteiger partial charge in [0.1, 0.15) is 18.5 Å². The summed E-state index contributed by atoms with van der Waals surface area (Å²) in [6.07, 6.45) is -0.120. The van der Waals surface area contributed by atoms with Crippen LogP contribution in [0.1, 0.15) is 27.2 Å². The van der Waals surface area contributed by atoms with E-state index in [1.54, 1.807) is 17.0 Å². The van der Waals surface area contributed by atoms with Crippen molar-refractivity contribution < 1.29 is 23.5 Å². The minimum absolute atomic E-state index is 0.0495. The molecule has 0 bridgehead atoms. The van der Waals surface area contributed by atoms with E-state index in [0.717, 1.165) is 11.4 Å². The highest BCUT2D eigenvalue weighted by Crippen LogP contribution is 2.28. The lowest BCUT2D eigenvalue weighted by Gasteiger charge is -2.36. The Bertz CT molecular complexity index is 884. The average molecular weight is 481 g/mol. The second kappa shape index (κ2) is 10.6. The molecule has 1 atom stereocenters. The van der Waals surface area contributed by atoms with Crippen LogP contribution in [0.25, 0.3) is 0 Å². The van der Waals surface area contributed by atoms with E-state index in [1.165, 1.54) is 18.1 Å². The van der Waals surface area contributed by atoms with Gasteiger partial charge in [0.15, 0.2) is 0 Å². The Hall–Kier alpha value is -2.46. The summed E-state index contributed by atoms with van der Waals surface area (Å²) in [4.78, 5) is 30.1. The molecule has 0 radical (unpaired) electrons. The van der Waals surface area contributed by atoms with Gasteiger partial charge in [-0.05, 0) is 23.6 Å². The summed E-state index contributed by atoms with van der Waals surface area (Å²) in [6.45, 7) is 9.19. The Morgan fingerprint density at radius 1 is 1.27 bits per heavy atom. The van der Waals surface area contributed by atoms with Gasteiger partial charge in [-0.1, -0.05) is 33.0 Å². The van der Waals surface area contributed by atoms with Gasteiger partial charge >= 0.3 is 6.09 Å². The van der Waals surface area contributed by atoms with Crippen LogP contribution in [0.5, 0.6) is 0 Å². The molecule has 0 saturated carbocycles. The van der Waals surface area contributed by atoms with Gasteiger partial charge in [0, 0.05) is 39.7 Å². The van der Waals surface area contributed by atoms with Crippen molar-refractivity contribution in [3.63, 3.8) is 0 Å². The van der Waals surface area contributed by atoms with Crippen molar-refractivity contribution >= 4 is 40.6 Å². The lowest BCUT2D eigenvalue weighted by atomic mass is 9.92. The zero-order chi connectivity index (χ0) is 24.2. The van der Waals surface area contributed by atoms with Gasteiger partial charge in [0.2, 0.25) is 5.91 Å². The number of piperazine rings is 1. The van der Waals surface area contributed by atoms with E-state index >= 15 is 0 Å². The molecule has 1 unspecified atom stereocenters. The van der Waals surface area contributed by atoms with Crippen LogP contribution in [0.2, 0.25) is 0 Å². The molecule has 8 nitrogen and oxygen atoms in total. The fourth-order valence-corrected chi connectivity index (χ4v) is 4.46. The largest absolute Gasteiger partial charge is 0.442 e. The predicted molar refractivity (Wildman–Crippen MR) is 129 cm³/mol. The van der Waals surface area contributed by atoms with Crippen LogP contribution < -0.4 is 15.1 Å². The molecular formula is C23H33FN4O4S. The van der Waals surface area contributed by atoms with Crippen LogP contribution in [0.4, 0.5) is 20.6 Å². The smallest absolute Gasteiger partial charge is 0.414 e. The molecule has 182 valence electrons. The van der Waals surface area contributed by atoms with Crippen molar-refractivity contribution in [2.24, 2.45) is 5.41 Å². The fraction of sp³-hybridized carbons (Fsp3) is 0.609. The lowest BCUT2D eigenvalue weighted by molar-refractivity contribution is -0.135. The van der Waals surface area contributed by atoms with Crippen LogP contribution in [-0.2, 0) is 14.3 Å². The maximum atomic E-state index is 14.9. The van der Waals surface area contributed by atoms with Crippen molar-refractivity contribution in [2.45, 2.75) is 33.3 Å². The highest BCUT2D eigenvalue weighted by molar-refractivity contribution is 7.80. The second-order valence-corrected chi connectivity index (χ2v) is 10.1. The van der Waals surface area contributed by atoms with Crippen LogP contribution >= 0.6 is 12.2 Å². The third-order valence-corrected chi connectivity index (χ3v) is 5.86. The van der Waals surface area contributed by atoms with E-state index in [1.807, 2.05) is 4.90 Å². The molecule has 33 heavy (non-hydrogen) atoms. The quantitative estimate of drug-likeness (QED) is 0.602. The summed E-state index contributed by atoms with van der Waals surface area (Å²) in [5.74, 6) is -0.478. The number of hydrogen-bond donors (Lipinski definition) is 1. The molecule has 2 amide bonds. The van der Waals surface area contributed by atoms with Gasteiger partial charge in [0.25, 0.3) is 0 Å². The maximum absolute atomic E-state index is 14.9. The summed E-state index contributed by atoms with van der Waals surface area (Å²) in [7, 11) is 1.49. The number of carbonyl (C=O) groups is 2. The van der Waals surface area contributed by atoms with Crippen molar-refractivity contribution in [3.05, 3.63) is 24.0 Å². The summed E-state index contributed by atoms with van der Waals surface area (Å²) in [5, 5.41) is 3.17. The van der Waals surface area contributed by atoms with Gasteiger partial charge in [-0.25, -0.2) is 9.18 Å². The van der Waals surface area contributed by atoms with Crippen LogP contribution in [0.15, 0.2) is 18.2 Å². The third-order valence-electron chi connectivity index (χ3n) is 5.58. The Morgan fingerprint density at radius 3 is 2.58 bits per heavy atom. The number of cyclic esters (lactones) is 1. The standard InChI is InChI=1S/C23H33FN4O4S/c1-23(2,3)12-20(33)25-13-17-14-28(22(30)32-17)16-5-6-19(18(24)11-16)26-7-9-27(10-8-26)21(29)15-31-4/h5-6,11,17H,7-10,12-15H2,1-4H3,(H,25,33). The number of benzene rings is 1. The number of amides is 2. The average Bonchev–Trinajstić information content (AvgIpc) is 3.12. The van der Waals surface area contributed by atoms with E-state index in [0.29, 0.717) is 50.6 Å². The number of ether oxygens (including phenoxy) is 2. The molecule has 2 heterocycles. The third kappa shape index (κ3) is 6.77. The number of halogens is 1. The SMILES string of the molecule is COCC(=O)N1CCN(c2ccc(N3CC(CNC(=S)CC(C)(C)C)OC3=O)cc2F)CC1. The first-order valence-corrected chi connectivity index (χ1v) is 11.5. The van der Waals surface area contributed by atoms with Gasteiger partial charge in [-0.2, -0.15) is 0 Å². The van der Waals surface area contributed by atoms with E-state index < -0.39 is 11.9 Å². The first-order chi connectivity index (χ1) is 15.6. The zero-order valence-electron chi connectivity index (χ0n) is 19.7. The topological polar surface area (TPSA) is 74.3 Å². The molecule has 0 spiro atoms. The van der Waals surface area contributed by atoms with E-state index in [4.69, 9.17) is 21.7 Å². The molecule has 2 aliphatic rings. The Morgan fingerprint density at radius 2 is 1.97 bits per heavy atom. The van der Waals surface area contributed by atoms with Crippen LogP contribution in [-0.4, -0.2) is 81.0 Å². The number of nitrogens with zero attached hydrogens (tertiary/aromatic N) is 3. The molecule has 3 rings (SSSR count). The summed E-state index contributed by atoms with van der Waals surface area (Å²) in [5.41, 5.74) is 0.985. The summed E-state index contributed by atoms with van der Waals surface area (Å²) >= 11 is 5.37. The van der Waals surface area contributed by atoms with Crippen molar-refractivity contribution in [1.29, 1.82) is 0 Å². The highest BCUT2D eigenvalue weighted by atomic mass is 32.1. The van der Waals surface area contributed by atoms with Gasteiger partial charge in [0.05, 0.1) is 29.5 Å². The number of carbonyl (C=O) groups excluding carboxylic acids is 2. The van der Waals surface area contributed by atoms with Gasteiger partial charge in [-0.3, -0.25) is 9.69 Å². The summed E-state index contributed by atoms with van der Waals surface area (Å²) in [6, 6.07) is 4.76. The van der Waals surface area contributed by atoms with Crippen molar-refractivity contribution in [3.8, 4) is 0 Å². The van der Waals surface area contributed by atoms with E-state index in [2.05, 4.69) is 26.1 Å². The van der Waals surface area contributed by atoms with Crippen LogP contribution in [0.3, 0.4) is 0 Å². The van der Waals surface area contributed by atoms with Crippen molar-refractivity contribution in [1.82, 2.24) is 10.2 Å². The van der Waals surface area contributed by atoms with Crippen molar-refractivity contribution in [2.75, 3.05) is 62.8 Å². The first kappa shape index (κ1) is 25.2. The number of hydrogen-bond acceptors (Lipinski definition) is 6. The minimum Gasteiger partial charge on any atom is -0.442 e. The minimum atomic E-state index is -0.499. The lowest BCUT2D eigenvalue weighted by Crippen LogP contribution is -2.50. The first-order valence-electron chi connectivity index (χ1n) is 11.1. The normalized spacial score (nSPS) is 19.0.